The maximum Gasteiger partial charge on any atom is 0.129 e. The summed E-state index contributed by atoms with van der Waals surface area (Å²) < 4.78 is 5.85. The van der Waals surface area contributed by atoms with Gasteiger partial charge in [-0.05, 0) is 43.5 Å². The number of anilines is 1. The highest BCUT2D eigenvalue weighted by Gasteiger charge is 2.23. The monoisotopic (exact) mass is 267 g/mol. The molecule has 1 fully saturated rings. The van der Waals surface area contributed by atoms with E-state index in [1.807, 2.05) is 42.5 Å². The smallest absolute Gasteiger partial charge is 0.129 e. The quantitative estimate of drug-likeness (QED) is 0.788. The minimum absolute atomic E-state index is 0.523. The van der Waals surface area contributed by atoms with Gasteiger partial charge in [0.15, 0.2) is 0 Å². The second kappa shape index (κ2) is 6.00. The van der Waals surface area contributed by atoms with Crippen LogP contribution in [0.15, 0.2) is 54.6 Å². The number of nitrogens with one attached hydrogen (secondary N) is 1. The highest BCUT2D eigenvalue weighted by molar-refractivity contribution is 5.49. The molecule has 0 bridgehead atoms. The predicted octanol–water partition coefficient (Wildman–Crippen LogP) is 5.08. The lowest BCUT2D eigenvalue weighted by Crippen LogP contribution is -2.15. The average molecular weight is 267 g/mol. The Kier molecular flexibility index (Phi) is 3.91. The number of hydrogen-bond acceptors (Lipinski definition) is 2. The summed E-state index contributed by atoms with van der Waals surface area (Å²) in [5.41, 5.74) is 1.13. The van der Waals surface area contributed by atoms with Crippen LogP contribution in [-0.4, -0.2) is 6.04 Å². The first-order chi connectivity index (χ1) is 9.79. The fourth-order valence-electron chi connectivity index (χ4n) is 2.47. The van der Waals surface area contributed by atoms with Crippen LogP contribution in [0.3, 0.4) is 0 Å². The van der Waals surface area contributed by atoms with Crippen molar-refractivity contribution in [2.45, 2.75) is 32.2 Å². The van der Waals surface area contributed by atoms with E-state index in [1.54, 1.807) is 0 Å². The van der Waals surface area contributed by atoms with Crippen LogP contribution in [0, 0.1) is 5.92 Å². The molecule has 0 radical (unpaired) electrons. The lowest BCUT2D eigenvalue weighted by atomic mass is 10.1. The number of benzene rings is 2. The van der Waals surface area contributed by atoms with Gasteiger partial charge in [0.05, 0.1) is 0 Å². The van der Waals surface area contributed by atoms with Gasteiger partial charge in [-0.25, -0.2) is 0 Å². The summed E-state index contributed by atoms with van der Waals surface area (Å²) in [5, 5.41) is 3.56. The molecule has 20 heavy (non-hydrogen) atoms. The second-order valence-electron chi connectivity index (χ2n) is 5.67. The summed E-state index contributed by atoms with van der Waals surface area (Å²) in [6, 6.07) is 18.6. The Balaban J connectivity index is 1.63. The van der Waals surface area contributed by atoms with E-state index in [0.29, 0.717) is 6.04 Å². The van der Waals surface area contributed by atoms with Gasteiger partial charge in [-0.1, -0.05) is 37.1 Å². The maximum atomic E-state index is 5.85. The molecule has 2 nitrogen and oxygen atoms in total. The Morgan fingerprint density at radius 3 is 2.55 bits per heavy atom. The van der Waals surface area contributed by atoms with E-state index in [-0.39, 0.29) is 0 Å². The van der Waals surface area contributed by atoms with Gasteiger partial charge in [0.1, 0.15) is 11.5 Å². The Morgan fingerprint density at radius 1 is 1.05 bits per heavy atom. The van der Waals surface area contributed by atoms with E-state index < -0.39 is 0 Å². The van der Waals surface area contributed by atoms with Crippen LogP contribution in [0.4, 0.5) is 5.69 Å². The Morgan fingerprint density at radius 2 is 1.80 bits per heavy atom. The minimum Gasteiger partial charge on any atom is -0.457 e. The summed E-state index contributed by atoms with van der Waals surface area (Å²) in [6.45, 7) is 2.25. The van der Waals surface area contributed by atoms with E-state index in [4.69, 9.17) is 4.74 Å². The molecule has 0 aromatic heterocycles. The summed E-state index contributed by atoms with van der Waals surface area (Å²) in [5.74, 6) is 2.69. The maximum absolute atomic E-state index is 5.85. The van der Waals surface area contributed by atoms with Crippen molar-refractivity contribution in [1.29, 1.82) is 0 Å². The molecule has 2 aromatic rings. The van der Waals surface area contributed by atoms with Gasteiger partial charge in [0, 0.05) is 17.8 Å². The summed E-state index contributed by atoms with van der Waals surface area (Å²) in [6.07, 6.45) is 4.08. The first-order valence-corrected chi connectivity index (χ1v) is 7.39. The minimum atomic E-state index is 0.523. The molecule has 1 aliphatic rings. The lowest BCUT2D eigenvalue weighted by molar-refractivity contribution is 0.483. The predicted molar refractivity (Wildman–Crippen MR) is 83.4 cm³/mol. The van der Waals surface area contributed by atoms with Crippen molar-refractivity contribution in [3.8, 4) is 11.5 Å². The van der Waals surface area contributed by atoms with Gasteiger partial charge in [-0.3, -0.25) is 0 Å². The van der Waals surface area contributed by atoms with E-state index in [2.05, 4.69) is 24.4 Å². The van der Waals surface area contributed by atoms with Crippen molar-refractivity contribution in [3.05, 3.63) is 54.6 Å². The van der Waals surface area contributed by atoms with Crippen molar-refractivity contribution in [2.24, 2.45) is 5.92 Å². The van der Waals surface area contributed by atoms with E-state index in [9.17, 15) is 0 Å². The molecule has 104 valence electrons. The van der Waals surface area contributed by atoms with Crippen LogP contribution >= 0.6 is 0 Å². The molecular weight excluding hydrogens is 246 g/mol. The van der Waals surface area contributed by atoms with Crippen molar-refractivity contribution >= 4 is 5.69 Å². The molecule has 2 heteroatoms. The van der Waals surface area contributed by atoms with Gasteiger partial charge in [0.2, 0.25) is 0 Å². The highest BCUT2D eigenvalue weighted by atomic mass is 16.5. The molecule has 0 aliphatic heterocycles. The normalized spacial score (nSPS) is 15.7. The van der Waals surface area contributed by atoms with Crippen LogP contribution in [0.2, 0.25) is 0 Å². The van der Waals surface area contributed by atoms with Crippen LogP contribution in [0.1, 0.15) is 26.2 Å². The highest BCUT2D eigenvalue weighted by Crippen LogP contribution is 2.34. The fraction of sp³-hybridized carbons (Fsp3) is 0.333. The second-order valence-corrected chi connectivity index (χ2v) is 5.67. The van der Waals surface area contributed by atoms with Gasteiger partial charge < -0.3 is 10.1 Å². The van der Waals surface area contributed by atoms with Crippen molar-refractivity contribution < 1.29 is 4.74 Å². The standard InChI is InChI=1S/C18H21NO/c1-14(12-15-10-11-15)19-16-6-5-9-18(13-16)20-17-7-3-2-4-8-17/h2-9,13-15,19H,10-12H2,1H3. The van der Waals surface area contributed by atoms with Crippen LogP contribution < -0.4 is 10.1 Å². The Hall–Kier alpha value is -1.96. The molecule has 2 aromatic carbocycles. The third kappa shape index (κ3) is 3.77. The van der Waals surface area contributed by atoms with E-state index in [0.717, 1.165) is 23.1 Å². The van der Waals surface area contributed by atoms with Crippen LogP contribution in [0.5, 0.6) is 11.5 Å². The molecule has 1 aliphatic carbocycles. The van der Waals surface area contributed by atoms with E-state index >= 15 is 0 Å². The van der Waals surface area contributed by atoms with Crippen molar-refractivity contribution in [2.75, 3.05) is 5.32 Å². The molecule has 1 atom stereocenters. The zero-order valence-corrected chi connectivity index (χ0v) is 11.9. The van der Waals surface area contributed by atoms with Crippen LogP contribution in [0.25, 0.3) is 0 Å². The molecule has 0 spiro atoms. The zero-order valence-electron chi connectivity index (χ0n) is 11.9. The zero-order chi connectivity index (χ0) is 13.8. The first kappa shape index (κ1) is 13.0. The lowest BCUT2D eigenvalue weighted by Gasteiger charge is -2.15. The average Bonchev–Trinajstić information content (AvgIpc) is 3.24. The van der Waals surface area contributed by atoms with Crippen LogP contribution in [-0.2, 0) is 0 Å². The number of ether oxygens (including phenoxy) is 1. The van der Waals surface area contributed by atoms with Gasteiger partial charge >= 0.3 is 0 Å². The van der Waals surface area contributed by atoms with Gasteiger partial charge in [-0.15, -0.1) is 0 Å². The number of hydrogen-bond donors (Lipinski definition) is 1. The van der Waals surface area contributed by atoms with Gasteiger partial charge in [-0.2, -0.15) is 0 Å². The molecule has 0 amide bonds. The molecule has 1 saturated carbocycles. The Bertz CT molecular complexity index is 548. The fourth-order valence-corrected chi connectivity index (χ4v) is 2.47. The number of rotatable bonds is 6. The summed E-state index contributed by atoms with van der Waals surface area (Å²) >= 11 is 0. The first-order valence-electron chi connectivity index (χ1n) is 7.39. The van der Waals surface area contributed by atoms with Crippen molar-refractivity contribution in [1.82, 2.24) is 0 Å². The molecule has 1 N–H and O–H groups in total. The Labute approximate surface area is 120 Å². The summed E-state index contributed by atoms with van der Waals surface area (Å²) in [4.78, 5) is 0. The SMILES string of the molecule is CC(CC1CC1)Nc1cccc(Oc2ccccc2)c1. The molecule has 1 unspecified atom stereocenters. The largest absolute Gasteiger partial charge is 0.457 e. The topological polar surface area (TPSA) is 21.3 Å². The summed E-state index contributed by atoms with van der Waals surface area (Å²) in [7, 11) is 0. The van der Waals surface area contributed by atoms with E-state index in [1.165, 1.54) is 19.3 Å². The van der Waals surface area contributed by atoms with Gasteiger partial charge in [0.25, 0.3) is 0 Å². The molecular formula is C18H21NO. The molecule has 0 heterocycles. The molecule has 3 rings (SSSR count). The van der Waals surface area contributed by atoms with Crippen molar-refractivity contribution in [3.63, 3.8) is 0 Å². The third-order valence-electron chi connectivity index (χ3n) is 3.61. The number of para-hydroxylation sites is 1. The third-order valence-corrected chi connectivity index (χ3v) is 3.61. The molecule has 0 saturated heterocycles.